The van der Waals surface area contributed by atoms with E-state index in [1.165, 1.54) is 30.9 Å². The van der Waals surface area contributed by atoms with Gasteiger partial charge in [-0.2, -0.15) is 0 Å². The molecule has 1 heterocycles. The van der Waals surface area contributed by atoms with Crippen LogP contribution in [0, 0.1) is 11.6 Å². The molecule has 0 spiro atoms. The number of hydrogen-bond acceptors (Lipinski definition) is 4. The van der Waals surface area contributed by atoms with Crippen LogP contribution in [0.1, 0.15) is 10.5 Å². The minimum atomic E-state index is -3.71. The van der Waals surface area contributed by atoms with Gasteiger partial charge in [0.25, 0.3) is 5.91 Å². The topological polar surface area (TPSA) is 109 Å². The van der Waals surface area contributed by atoms with Crippen molar-refractivity contribution in [2.24, 2.45) is 7.05 Å². The summed E-state index contributed by atoms with van der Waals surface area (Å²) in [5.74, 6) is -3.51. The van der Waals surface area contributed by atoms with E-state index in [9.17, 15) is 26.8 Å². The van der Waals surface area contributed by atoms with Crippen LogP contribution in [0.4, 0.5) is 14.5 Å². The van der Waals surface area contributed by atoms with Crippen LogP contribution in [0.25, 0.3) is 0 Å². The van der Waals surface area contributed by atoms with E-state index in [1.54, 1.807) is 0 Å². The van der Waals surface area contributed by atoms with Crippen LogP contribution in [0.5, 0.6) is 0 Å². The number of nitrogens with zero attached hydrogens (tertiary/aromatic N) is 1. The van der Waals surface area contributed by atoms with Gasteiger partial charge in [-0.05, 0) is 25.2 Å². The molecule has 0 atom stereocenters. The minimum Gasteiger partial charge on any atom is -0.345 e. The lowest BCUT2D eigenvalue weighted by Gasteiger charge is -2.07. The second-order valence-corrected chi connectivity index (χ2v) is 7.13. The second kappa shape index (κ2) is 7.62. The summed E-state index contributed by atoms with van der Waals surface area (Å²) < 4.78 is 52.8. The number of aryl methyl sites for hydroxylation is 1. The lowest BCUT2D eigenvalue weighted by Crippen LogP contribution is -2.33. The third kappa shape index (κ3) is 4.43. The van der Waals surface area contributed by atoms with Gasteiger partial charge in [-0.1, -0.05) is 0 Å². The number of amides is 2. The monoisotopic (exact) mass is 386 g/mol. The van der Waals surface area contributed by atoms with Crippen LogP contribution in [-0.2, 0) is 21.9 Å². The molecule has 0 aliphatic carbocycles. The van der Waals surface area contributed by atoms with Crippen LogP contribution < -0.4 is 15.4 Å². The number of aromatic nitrogens is 1. The van der Waals surface area contributed by atoms with Crippen LogP contribution in [0.2, 0.25) is 0 Å². The molecular formula is C15H16F2N4O4S. The number of halogens is 2. The summed E-state index contributed by atoms with van der Waals surface area (Å²) in [7, 11) is -0.991. The number of sulfonamides is 1. The molecule has 0 saturated heterocycles. The van der Waals surface area contributed by atoms with Crippen molar-refractivity contribution in [1.82, 2.24) is 14.6 Å². The van der Waals surface area contributed by atoms with Gasteiger partial charge in [-0.25, -0.2) is 21.9 Å². The van der Waals surface area contributed by atoms with Crippen molar-refractivity contribution in [1.29, 1.82) is 0 Å². The Kier molecular flexibility index (Phi) is 5.73. The summed E-state index contributed by atoms with van der Waals surface area (Å²) in [6.07, 6.45) is 1.25. The maximum Gasteiger partial charge on any atom is 0.268 e. The first-order valence-electron chi connectivity index (χ1n) is 7.27. The Hall–Kier alpha value is -2.79. The first kappa shape index (κ1) is 19.5. The largest absolute Gasteiger partial charge is 0.345 e. The molecule has 11 heteroatoms. The Morgan fingerprint density at radius 1 is 1.15 bits per heavy atom. The van der Waals surface area contributed by atoms with Crippen LogP contribution >= 0.6 is 0 Å². The van der Waals surface area contributed by atoms with Crippen molar-refractivity contribution in [2.45, 2.75) is 4.90 Å². The molecule has 0 unspecified atom stereocenters. The fourth-order valence-electron chi connectivity index (χ4n) is 2.05. The number of anilines is 1. The van der Waals surface area contributed by atoms with E-state index < -0.39 is 40.0 Å². The second-order valence-electron chi connectivity index (χ2n) is 5.24. The standard InChI is InChI=1S/C15H16F2N4O4S/c1-18-26(24,25)10-6-13(21(2)8-10)15(23)19-7-14(22)20-9-3-4-11(16)12(17)5-9/h3-6,8,18H,7H2,1-2H3,(H,19,23)(H,20,22). The zero-order valence-corrected chi connectivity index (χ0v) is 14.7. The zero-order valence-electron chi connectivity index (χ0n) is 13.8. The molecule has 2 rings (SSSR count). The predicted octanol–water partition coefficient (Wildman–Crippen LogP) is 0.580. The van der Waals surface area contributed by atoms with E-state index in [0.717, 1.165) is 18.2 Å². The number of benzene rings is 1. The molecular weight excluding hydrogens is 370 g/mol. The zero-order chi connectivity index (χ0) is 19.5. The van der Waals surface area contributed by atoms with Crippen molar-refractivity contribution in [3.8, 4) is 0 Å². The molecule has 0 aliphatic rings. The predicted molar refractivity (Wildman–Crippen MR) is 89.0 cm³/mol. The minimum absolute atomic E-state index is 0.0273. The van der Waals surface area contributed by atoms with Gasteiger partial charge in [0.2, 0.25) is 15.9 Å². The maximum atomic E-state index is 13.1. The molecule has 0 fully saturated rings. The molecule has 1 aromatic carbocycles. The van der Waals surface area contributed by atoms with Crippen LogP contribution in [0.3, 0.4) is 0 Å². The molecule has 0 saturated carbocycles. The maximum absolute atomic E-state index is 13.1. The molecule has 0 aliphatic heterocycles. The van der Waals surface area contributed by atoms with Crippen molar-refractivity contribution in [3.63, 3.8) is 0 Å². The summed E-state index contributed by atoms with van der Waals surface area (Å²) in [6, 6.07) is 4.00. The molecule has 0 bridgehead atoms. The van der Waals surface area contributed by atoms with E-state index in [4.69, 9.17) is 0 Å². The lowest BCUT2D eigenvalue weighted by atomic mass is 10.3. The molecule has 140 valence electrons. The number of rotatable bonds is 6. The first-order chi connectivity index (χ1) is 12.1. The Morgan fingerprint density at radius 2 is 1.85 bits per heavy atom. The summed E-state index contributed by atoms with van der Waals surface area (Å²) >= 11 is 0. The quantitative estimate of drug-likeness (QED) is 0.675. The van der Waals surface area contributed by atoms with Crippen molar-refractivity contribution in [2.75, 3.05) is 18.9 Å². The Bertz CT molecular complexity index is 957. The van der Waals surface area contributed by atoms with Gasteiger partial charge in [0.15, 0.2) is 11.6 Å². The van der Waals surface area contributed by atoms with Gasteiger partial charge < -0.3 is 15.2 Å². The third-order valence-corrected chi connectivity index (χ3v) is 4.79. The van der Waals surface area contributed by atoms with Gasteiger partial charge in [-0.15, -0.1) is 0 Å². The highest BCUT2D eigenvalue weighted by molar-refractivity contribution is 7.89. The number of carbonyl (C=O) groups is 2. The molecule has 26 heavy (non-hydrogen) atoms. The fraction of sp³-hybridized carbons (Fsp3) is 0.200. The van der Waals surface area contributed by atoms with E-state index in [0.29, 0.717) is 0 Å². The van der Waals surface area contributed by atoms with E-state index in [1.807, 2.05) is 0 Å². The summed E-state index contributed by atoms with van der Waals surface area (Å²) in [6.45, 7) is -0.447. The molecule has 1 aromatic heterocycles. The third-order valence-electron chi connectivity index (χ3n) is 3.40. The van der Waals surface area contributed by atoms with Crippen molar-refractivity contribution < 1.29 is 26.8 Å². The van der Waals surface area contributed by atoms with Gasteiger partial charge >= 0.3 is 0 Å². The summed E-state index contributed by atoms with van der Waals surface area (Å²) in [4.78, 5) is 23.8. The average molecular weight is 386 g/mol. The SMILES string of the molecule is CNS(=O)(=O)c1cc(C(=O)NCC(=O)Nc2ccc(F)c(F)c2)n(C)c1. The Labute approximate surface area is 148 Å². The van der Waals surface area contributed by atoms with Gasteiger partial charge in [-0.3, -0.25) is 9.59 Å². The van der Waals surface area contributed by atoms with E-state index >= 15 is 0 Å². The molecule has 8 nitrogen and oxygen atoms in total. The molecule has 0 radical (unpaired) electrons. The smallest absolute Gasteiger partial charge is 0.268 e. The highest BCUT2D eigenvalue weighted by Crippen LogP contribution is 2.14. The highest BCUT2D eigenvalue weighted by Gasteiger charge is 2.19. The summed E-state index contributed by atoms with van der Waals surface area (Å²) in [5, 5.41) is 4.61. The highest BCUT2D eigenvalue weighted by atomic mass is 32.2. The first-order valence-corrected chi connectivity index (χ1v) is 8.75. The van der Waals surface area contributed by atoms with Gasteiger partial charge in [0, 0.05) is 25.0 Å². The van der Waals surface area contributed by atoms with Crippen LogP contribution in [0.15, 0.2) is 35.4 Å². The van der Waals surface area contributed by atoms with Crippen molar-refractivity contribution >= 4 is 27.5 Å². The number of nitrogens with one attached hydrogen (secondary N) is 3. The number of hydrogen-bond donors (Lipinski definition) is 3. The van der Waals surface area contributed by atoms with E-state index in [2.05, 4.69) is 15.4 Å². The molecule has 2 amide bonds. The average Bonchev–Trinajstić information content (AvgIpc) is 2.99. The lowest BCUT2D eigenvalue weighted by molar-refractivity contribution is -0.115. The van der Waals surface area contributed by atoms with Gasteiger partial charge in [0.05, 0.1) is 6.54 Å². The summed E-state index contributed by atoms with van der Waals surface area (Å²) in [5.41, 5.74) is 0.0591. The fourth-order valence-corrected chi connectivity index (χ4v) is 2.85. The van der Waals surface area contributed by atoms with Crippen LogP contribution in [-0.4, -0.2) is 38.4 Å². The normalized spacial score (nSPS) is 11.2. The number of carbonyl (C=O) groups excluding carboxylic acids is 2. The Balaban J connectivity index is 2.00. The molecule has 3 N–H and O–H groups in total. The molecule has 2 aromatic rings. The Morgan fingerprint density at radius 3 is 2.46 bits per heavy atom. The van der Waals surface area contributed by atoms with Crippen molar-refractivity contribution in [3.05, 3.63) is 47.8 Å². The van der Waals surface area contributed by atoms with Gasteiger partial charge in [0.1, 0.15) is 10.6 Å². The van der Waals surface area contributed by atoms with E-state index in [-0.39, 0.29) is 16.3 Å².